The summed E-state index contributed by atoms with van der Waals surface area (Å²) in [6, 6.07) is 0. The Kier molecular flexibility index (Phi) is 58.3. The molecular formula is C67H128O4. The molecule has 0 unspecified atom stereocenters. The van der Waals surface area contributed by atoms with Crippen molar-refractivity contribution in [3.8, 4) is 23.7 Å². The van der Waals surface area contributed by atoms with Gasteiger partial charge in [-0.05, 0) is 106 Å². The molecule has 0 bridgehead atoms. The van der Waals surface area contributed by atoms with Gasteiger partial charge in [0.1, 0.15) is 0 Å². The van der Waals surface area contributed by atoms with Crippen molar-refractivity contribution in [1.29, 1.82) is 0 Å². The molecule has 0 spiro atoms. The molecule has 0 aliphatic heterocycles. The number of allylic oxidation sites excluding steroid dienone is 4. The lowest BCUT2D eigenvalue weighted by Crippen LogP contribution is -2.21. The van der Waals surface area contributed by atoms with E-state index in [9.17, 15) is 0 Å². The van der Waals surface area contributed by atoms with Crippen molar-refractivity contribution >= 4 is 0 Å². The molecule has 0 aliphatic rings. The minimum Gasteiger partial charge on any atom is -0.353 e. The first kappa shape index (κ1) is 73.7. The highest BCUT2D eigenvalue weighted by Crippen LogP contribution is 2.25. The van der Waals surface area contributed by atoms with Crippen LogP contribution < -0.4 is 0 Å². The molecule has 0 fully saturated rings. The zero-order valence-electron chi connectivity index (χ0n) is 50.9. The topological polar surface area (TPSA) is 36.9 Å². The van der Waals surface area contributed by atoms with Gasteiger partial charge in [-0.2, -0.15) is 0 Å². The fraction of sp³-hybridized carbons (Fsp3) is 0.881. The maximum atomic E-state index is 6.07. The molecule has 4 nitrogen and oxygen atoms in total. The van der Waals surface area contributed by atoms with Crippen molar-refractivity contribution in [3.05, 3.63) is 24.3 Å². The van der Waals surface area contributed by atoms with E-state index in [1.54, 1.807) is 0 Å². The third-order valence-electron chi connectivity index (χ3n) is 12.4. The van der Waals surface area contributed by atoms with Crippen LogP contribution >= 0.6 is 0 Å². The lowest BCUT2D eigenvalue weighted by atomic mass is 9.89. The molecule has 0 amide bonds. The van der Waals surface area contributed by atoms with Gasteiger partial charge in [0.2, 0.25) is 0 Å². The van der Waals surface area contributed by atoms with Gasteiger partial charge >= 0.3 is 0 Å². The summed E-state index contributed by atoms with van der Waals surface area (Å²) in [4.78, 5) is 0. The van der Waals surface area contributed by atoms with Crippen molar-refractivity contribution in [1.82, 2.24) is 0 Å². The predicted octanol–water partition coefficient (Wildman–Crippen LogP) is 22.1. The van der Waals surface area contributed by atoms with E-state index in [1.165, 1.54) is 173 Å². The Balaban J connectivity index is -0.000000982. The van der Waals surface area contributed by atoms with Gasteiger partial charge in [-0.1, -0.05) is 237 Å². The zero-order valence-corrected chi connectivity index (χ0v) is 50.9. The molecule has 0 aromatic heterocycles. The maximum absolute atomic E-state index is 6.07. The van der Waals surface area contributed by atoms with E-state index in [1.807, 2.05) is 0 Å². The van der Waals surface area contributed by atoms with Gasteiger partial charge in [0.15, 0.2) is 12.6 Å². The predicted molar refractivity (Wildman–Crippen MR) is 318 cm³/mol. The molecule has 0 saturated heterocycles. The summed E-state index contributed by atoms with van der Waals surface area (Å²) in [5.74, 6) is 12.8. The highest BCUT2D eigenvalue weighted by atomic mass is 16.7. The van der Waals surface area contributed by atoms with E-state index in [4.69, 9.17) is 18.9 Å². The summed E-state index contributed by atoms with van der Waals surface area (Å²) < 4.78 is 24.0. The molecule has 0 atom stereocenters. The average Bonchev–Trinajstić information content (AvgIpc) is 3.31. The molecule has 420 valence electrons. The molecule has 4 heteroatoms. The SMILES string of the molecule is CCCCC#CCCOC(CCC(C)(C)C)OCCC#CCCCC.CCCCC/C=C\C/C=C\CCCCCCCC(C)(C)C.CCCCCCCCOC(CCC(C)(C)C)OCCCCCCCC. The fourth-order valence-electron chi connectivity index (χ4n) is 7.56. The summed E-state index contributed by atoms with van der Waals surface area (Å²) in [6.07, 6.45) is 53.6. The van der Waals surface area contributed by atoms with Crippen LogP contribution in [0, 0.1) is 39.9 Å². The van der Waals surface area contributed by atoms with Crippen molar-refractivity contribution in [2.45, 2.75) is 341 Å². The second-order valence-corrected chi connectivity index (χ2v) is 24.0. The summed E-state index contributed by atoms with van der Waals surface area (Å²) in [6.45, 7) is 34.9. The second-order valence-electron chi connectivity index (χ2n) is 24.0. The van der Waals surface area contributed by atoms with Gasteiger partial charge < -0.3 is 18.9 Å². The molecule has 71 heavy (non-hydrogen) atoms. The van der Waals surface area contributed by atoms with Crippen LogP contribution in [-0.2, 0) is 18.9 Å². The highest BCUT2D eigenvalue weighted by molar-refractivity contribution is 4.99. The molecule has 0 saturated carbocycles. The first-order valence-corrected chi connectivity index (χ1v) is 30.7. The van der Waals surface area contributed by atoms with E-state index >= 15 is 0 Å². The fourth-order valence-corrected chi connectivity index (χ4v) is 7.56. The Labute approximate surface area is 448 Å². The summed E-state index contributed by atoms with van der Waals surface area (Å²) in [5.41, 5.74) is 1.17. The van der Waals surface area contributed by atoms with Gasteiger partial charge in [0.05, 0.1) is 13.2 Å². The number of ether oxygens (including phenoxy) is 4. The molecule has 0 aromatic rings. The van der Waals surface area contributed by atoms with Gasteiger partial charge in [-0.3, -0.25) is 0 Å². The molecule has 0 N–H and O–H groups in total. The van der Waals surface area contributed by atoms with E-state index in [0.29, 0.717) is 29.5 Å². The lowest BCUT2D eigenvalue weighted by molar-refractivity contribution is -0.150. The van der Waals surface area contributed by atoms with Gasteiger partial charge in [0.25, 0.3) is 0 Å². The standard InChI is InChI=1S/C23H48O2.C23H40O2.C21H40/c2*1-6-8-10-12-14-16-20-24-22(18-19-23(3,4)5)25-21-17-15-13-11-9-7-2;1-5-6-7-8-9-10-11-12-13-14-15-16-17-18-19-20-21(2,3)4/h22H,6-21H2,1-5H3;22H,6-11,16-21H2,1-5H3;9-10,12-13H,5-8,11,14-20H2,1-4H3/b;;10-9-,13-12-. The Morgan fingerprint density at radius 3 is 1.01 bits per heavy atom. The molecule has 0 radical (unpaired) electrons. The second kappa shape index (κ2) is 56.2. The van der Waals surface area contributed by atoms with Crippen LogP contribution in [0.15, 0.2) is 24.3 Å². The first-order chi connectivity index (χ1) is 34.0. The largest absolute Gasteiger partial charge is 0.353 e. The minimum atomic E-state index is -0.130. The van der Waals surface area contributed by atoms with Crippen molar-refractivity contribution in [3.63, 3.8) is 0 Å². The zero-order chi connectivity index (χ0) is 53.4. The van der Waals surface area contributed by atoms with E-state index in [2.05, 4.69) is 145 Å². The Bertz CT molecular complexity index is 1170. The van der Waals surface area contributed by atoms with E-state index < -0.39 is 0 Å². The monoisotopic (exact) mass is 997 g/mol. The number of rotatable bonds is 43. The van der Waals surface area contributed by atoms with Gasteiger partial charge in [0, 0.05) is 38.9 Å². The van der Waals surface area contributed by atoms with E-state index in [-0.39, 0.29) is 12.6 Å². The average molecular weight is 998 g/mol. The maximum Gasteiger partial charge on any atom is 0.157 e. The third kappa shape index (κ3) is 72.8. The molecule has 0 heterocycles. The molecule has 0 rings (SSSR count). The van der Waals surface area contributed by atoms with Gasteiger partial charge in [-0.25, -0.2) is 0 Å². The Morgan fingerprint density at radius 2 is 0.620 bits per heavy atom. The highest BCUT2D eigenvalue weighted by Gasteiger charge is 2.17. The van der Waals surface area contributed by atoms with Gasteiger partial charge in [-0.15, -0.1) is 23.7 Å². The summed E-state index contributed by atoms with van der Waals surface area (Å²) in [7, 11) is 0. The van der Waals surface area contributed by atoms with Crippen LogP contribution in [0.3, 0.4) is 0 Å². The smallest absolute Gasteiger partial charge is 0.157 e. The quantitative estimate of drug-likeness (QED) is 0.0264. The number of unbranched alkanes of at least 4 members (excludes halogenated alkanes) is 22. The molecular weight excluding hydrogens is 869 g/mol. The summed E-state index contributed by atoms with van der Waals surface area (Å²) in [5, 5.41) is 0. The van der Waals surface area contributed by atoms with Crippen LogP contribution in [0.4, 0.5) is 0 Å². The van der Waals surface area contributed by atoms with Crippen molar-refractivity contribution in [2.75, 3.05) is 26.4 Å². The van der Waals surface area contributed by atoms with Crippen molar-refractivity contribution < 1.29 is 18.9 Å². The van der Waals surface area contributed by atoms with Crippen LogP contribution in [0.2, 0.25) is 0 Å². The Morgan fingerprint density at radius 1 is 0.310 bits per heavy atom. The van der Waals surface area contributed by atoms with Crippen LogP contribution in [-0.4, -0.2) is 39.0 Å². The van der Waals surface area contributed by atoms with E-state index in [0.717, 1.165) is 71.0 Å². The Hall–Kier alpha value is -1.56. The van der Waals surface area contributed by atoms with Crippen LogP contribution in [0.1, 0.15) is 328 Å². The van der Waals surface area contributed by atoms with Crippen molar-refractivity contribution in [2.24, 2.45) is 16.2 Å². The van der Waals surface area contributed by atoms with Crippen LogP contribution in [0.25, 0.3) is 0 Å². The molecule has 0 aromatic carbocycles. The summed E-state index contributed by atoms with van der Waals surface area (Å²) >= 11 is 0. The number of hydrogen-bond acceptors (Lipinski definition) is 4. The first-order valence-electron chi connectivity index (χ1n) is 30.7. The number of hydrogen-bond donors (Lipinski definition) is 0. The third-order valence-corrected chi connectivity index (χ3v) is 12.4. The normalized spacial score (nSPS) is 11.9. The lowest BCUT2D eigenvalue weighted by Gasteiger charge is -2.24. The van der Waals surface area contributed by atoms with Crippen LogP contribution in [0.5, 0.6) is 0 Å². The molecule has 0 aliphatic carbocycles. The minimum absolute atomic E-state index is 0.00510.